The molecule has 0 aliphatic rings. The SMILES string of the molecule is Cc1cc(C)c(C(=O)NC(Cc2ccc(-c3ncc(C=O)s3)cc2)C(=O)O)c(C)c1. The van der Waals surface area contributed by atoms with E-state index in [1.54, 1.807) is 0 Å². The Kier molecular flexibility index (Phi) is 6.42. The molecule has 1 amide bonds. The minimum atomic E-state index is -1.09. The number of rotatable bonds is 7. The molecular formula is C23H22N2O4S. The van der Waals surface area contributed by atoms with Crippen molar-refractivity contribution >= 4 is 29.5 Å². The van der Waals surface area contributed by atoms with Crippen molar-refractivity contribution in [1.82, 2.24) is 10.3 Å². The van der Waals surface area contributed by atoms with Gasteiger partial charge < -0.3 is 10.4 Å². The molecule has 154 valence electrons. The van der Waals surface area contributed by atoms with Gasteiger partial charge >= 0.3 is 5.97 Å². The van der Waals surface area contributed by atoms with E-state index < -0.39 is 17.9 Å². The van der Waals surface area contributed by atoms with Gasteiger partial charge in [0.2, 0.25) is 0 Å². The van der Waals surface area contributed by atoms with Crippen LogP contribution in [0.5, 0.6) is 0 Å². The third-order valence-corrected chi connectivity index (χ3v) is 5.76. The van der Waals surface area contributed by atoms with Crippen LogP contribution in [0.2, 0.25) is 0 Å². The van der Waals surface area contributed by atoms with Crippen LogP contribution in [0, 0.1) is 20.8 Å². The third-order valence-electron chi connectivity index (χ3n) is 4.79. The monoisotopic (exact) mass is 422 g/mol. The van der Waals surface area contributed by atoms with E-state index in [0.29, 0.717) is 10.4 Å². The lowest BCUT2D eigenvalue weighted by Gasteiger charge is -2.17. The van der Waals surface area contributed by atoms with Gasteiger partial charge in [0.1, 0.15) is 11.0 Å². The summed E-state index contributed by atoms with van der Waals surface area (Å²) in [6.45, 7) is 5.65. The zero-order valence-electron chi connectivity index (χ0n) is 16.9. The van der Waals surface area contributed by atoms with Gasteiger partial charge in [-0.1, -0.05) is 42.0 Å². The maximum absolute atomic E-state index is 12.8. The zero-order chi connectivity index (χ0) is 21.8. The summed E-state index contributed by atoms with van der Waals surface area (Å²) in [5, 5.41) is 13.0. The minimum Gasteiger partial charge on any atom is -0.480 e. The normalized spacial score (nSPS) is 11.7. The van der Waals surface area contributed by atoms with Crippen molar-refractivity contribution in [1.29, 1.82) is 0 Å². The third kappa shape index (κ3) is 4.80. The number of nitrogens with one attached hydrogen (secondary N) is 1. The molecule has 3 rings (SSSR count). The number of carboxylic acids is 1. The molecule has 0 fully saturated rings. The molecule has 3 aromatic rings. The van der Waals surface area contributed by atoms with E-state index in [9.17, 15) is 19.5 Å². The van der Waals surface area contributed by atoms with Crippen LogP contribution in [0.4, 0.5) is 0 Å². The molecule has 0 spiro atoms. The largest absolute Gasteiger partial charge is 0.480 e. The second kappa shape index (κ2) is 9.00. The summed E-state index contributed by atoms with van der Waals surface area (Å²) in [7, 11) is 0. The molecule has 0 aliphatic carbocycles. The van der Waals surface area contributed by atoms with Gasteiger partial charge in [0.15, 0.2) is 6.29 Å². The van der Waals surface area contributed by atoms with E-state index in [-0.39, 0.29) is 6.42 Å². The Bertz CT molecular complexity index is 1080. The number of carbonyl (C=O) groups excluding carboxylic acids is 2. The van der Waals surface area contributed by atoms with Gasteiger partial charge in [-0.05, 0) is 37.5 Å². The first kappa shape index (κ1) is 21.4. The van der Waals surface area contributed by atoms with Crippen LogP contribution in [0.15, 0.2) is 42.6 Å². The number of aldehydes is 1. The van der Waals surface area contributed by atoms with Crippen molar-refractivity contribution < 1.29 is 19.5 Å². The molecule has 0 saturated carbocycles. The highest BCUT2D eigenvalue weighted by molar-refractivity contribution is 7.16. The summed E-state index contributed by atoms with van der Waals surface area (Å²) in [6.07, 6.45) is 2.43. The Morgan fingerprint density at radius 1 is 1.13 bits per heavy atom. The van der Waals surface area contributed by atoms with Crippen LogP contribution in [-0.4, -0.2) is 34.3 Å². The van der Waals surface area contributed by atoms with E-state index in [4.69, 9.17) is 0 Å². The van der Waals surface area contributed by atoms with Gasteiger partial charge in [-0.2, -0.15) is 0 Å². The fourth-order valence-corrected chi connectivity index (χ4v) is 4.20. The number of thiazole rings is 1. The molecule has 2 N–H and O–H groups in total. The fraction of sp³-hybridized carbons (Fsp3) is 0.217. The Labute approximate surface area is 178 Å². The van der Waals surface area contributed by atoms with Crippen LogP contribution in [0.25, 0.3) is 10.6 Å². The van der Waals surface area contributed by atoms with Crippen molar-refractivity contribution in [3.05, 3.63) is 75.3 Å². The molecule has 1 unspecified atom stereocenters. The lowest BCUT2D eigenvalue weighted by Crippen LogP contribution is -2.42. The van der Waals surface area contributed by atoms with E-state index in [1.165, 1.54) is 17.5 Å². The number of carbonyl (C=O) groups is 3. The van der Waals surface area contributed by atoms with Crippen LogP contribution >= 0.6 is 11.3 Å². The number of carboxylic acid groups (broad SMARTS) is 1. The molecular weight excluding hydrogens is 400 g/mol. The molecule has 1 heterocycles. The maximum Gasteiger partial charge on any atom is 0.326 e. The van der Waals surface area contributed by atoms with E-state index >= 15 is 0 Å². The second-order valence-corrected chi connectivity index (χ2v) is 8.29. The number of aliphatic carboxylic acids is 1. The molecule has 0 aliphatic heterocycles. The van der Waals surface area contributed by atoms with Crippen molar-refractivity contribution in [2.24, 2.45) is 0 Å². The highest BCUT2D eigenvalue weighted by atomic mass is 32.1. The van der Waals surface area contributed by atoms with Gasteiger partial charge in [-0.15, -0.1) is 11.3 Å². The first-order chi connectivity index (χ1) is 14.3. The highest BCUT2D eigenvalue weighted by Crippen LogP contribution is 2.25. The number of hydrogen-bond donors (Lipinski definition) is 2. The van der Waals surface area contributed by atoms with Crippen LogP contribution < -0.4 is 5.32 Å². The van der Waals surface area contributed by atoms with Crippen LogP contribution in [-0.2, 0) is 11.2 Å². The maximum atomic E-state index is 12.8. The smallest absolute Gasteiger partial charge is 0.326 e. The minimum absolute atomic E-state index is 0.156. The molecule has 0 saturated heterocycles. The average Bonchev–Trinajstić information content (AvgIpc) is 3.16. The standard InChI is InChI=1S/C23H22N2O4S/c1-13-8-14(2)20(15(3)9-13)21(27)25-19(23(28)29)10-16-4-6-17(7-5-16)22-24-11-18(12-26)30-22/h4-9,11-12,19H,10H2,1-3H3,(H,25,27)(H,28,29). The van der Waals surface area contributed by atoms with Gasteiger partial charge in [0.05, 0.1) is 4.88 Å². The quantitative estimate of drug-likeness (QED) is 0.562. The Balaban J connectivity index is 1.75. The van der Waals surface area contributed by atoms with Gasteiger partial charge in [-0.25, -0.2) is 9.78 Å². The molecule has 30 heavy (non-hydrogen) atoms. The van der Waals surface area contributed by atoms with Gasteiger partial charge in [0.25, 0.3) is 5.91 Å². The molecule has 1 aromatic heterocycles. The van der Waals surface area contributed by atoms with Crippen molar-refractivity contribution in [2.45, 2.75) is 33.2 Å². The second-order valence-electron chi connectivity index (χ2n) is 7.22. The number of aryl methyl sites for hydroxylation is 3. The Morgan fingerprint density at radius 3 is 2.30 bits per heavy atom. The summed E-state index contributed by atoms with van der Waals surface area (Å²) in [4.78, 5) is 40.1. The van der Waals surface area contributed by atoms with E-state index in [2.05, 4.69) is 10.3 Å². The fourth-order valence-electron chi connectivity index (χ4n) is 3.46. The Hall–Kier alpha value is -3.32. The van der Waals surface area contributed by atoms with Gasteiger partial charge in [-0.3, -0.25) is 9.59 Å². The van der Waals surface area contributed by atoms with Crippen molar-refractivity contribution in [2.75, 3.05) is 0 Å². The highest BCUT2D eigenvalue weighted by Gasteiger charge is 2.23. The van der Waals surface area contributed by atoms with Crippen LogP contribution in [0.3, 0.4) is 0 Å². The summed E-state index contributed by atoms with van der Waals surface area (Å²) in [6, 6.07) is 10.0. The molecule has 7 heteroatoms. The van der Waals surface area contributed by atoms with E-state index in [1.807, 2.05) is 57.2 Å². The van der Waals surface area contributed by atoms with E-state index in [0.717, 1.165) is 39.1 Å². The van der Waals surface area contributed by atoms with Crippen LogP contribution in [0.1, 0.15) is 42.3 Å². The molecule has 0 bridgehead atoms. The summed E-state index contributed by atoms with van der Waals surface area (Å²) < 4.78 is 0. The molecule has 6 nitrogen and oxygen atoms in total. The zero-order valence-corrected chi connectivity index (χ0v) is 17.7. The van der Waals surface area contributed by atoms with Crippen molar-refractivity contribution in [3.8, 4) is 10.6 Å². The molecule has 2 aromatic carbocycles. The molecule has 1 atom stereocenters. The lowest BCUT2D eigenvalue weighted by atomic mass is 9.98. The number of nitrogens with zero attached hydrogens (tertiary/aromatic N) is 1. The number of benzene rings is 2. The molecule has 0 radical (unpaired) electrons. The number of amides is 1. The number of hydrogen-bond acceptors (Lipinski definition) is 5. The van der Waals surface area contributed by atoms with Crippen molar-refractivity contribution in [3.63, 3.8) is 0 Å². The first-order valence-electron chi connectivity index (χ1n) is 9.40. The number of aromatic nitrogens is 1. The lowest BCUT2D eigenvalue weighted by molar-refractivity contribution is -0.139. The summed E-state index contributed by atoms with van der Waals surface area (Å²) in [5.74, 6) is -1.48. The average molecular weight is 423 g/mol. The predicted molar refractivity (Wildman–Crippen MR) is 116 cm³/mol. The summed E-state index contributed by atoms with van der Waals surface area (Å²) in [5.41, 5.74) is 4.82. The van der Waals surface area contributed by atoms with Gasteiger partial charge in [0, 0.05) is 23.7 Å². The topological polar surface area (TPSA) is 96.4 Å². The predicted octanol–water partition coefficient (Wildman–Crippen LogP) is 3.97. The first-order valence-corrected chi connectivity index (χ1v) is 10.2. The Morgan fingerprint density at radius 2 is 1.77 bits per heavy atom. The summed E-state index contributed by atoms with van der Waals surface area (Å²) >= 11 is 1.29.